The highest BCUT2D eigenvalue weighted by Crippen LogP contribution is 2.45. The molecule has 0 bridgehead atoms. The number of amides is 1. The predicted octanol–water partition coefficient (Wildman–Crippen LogP) is 9.28. The van der Waals surface area contributed by atoms with Crippen molar-refractivity contribution in [3.63, 3.8) is 0 Å². The van der Waals surface area contributed by atoms with E-state index < -0.39 is 0 Å². The number of methoxy groups -OCH3 is 1. The van der Waals surface area contributed by atoms with Crippen molar-refractivity contribution >= 4 is 45.7 Å². The summed E-state index contributed by atoms with van der Waals surface area (Å²) in [6, 6.07) is 19.1. The van der Waals surface area contributed by atoms with Gasteiger partial charge in [0.05, 0.1) is 12.7 Å². The number of hydrogen-bond donors (Lipinski definition) is 1. The number of benzene rings is 3. The molecule has 8 heteroatoms. The third-order valence-electron chi connectivity index (χ3n) is 7.66. The van der Waals surface area contributed by atoms with Crippen molar-refractivity contribution in [3.05, 3.63) is 105 Å². The van der Waals surface area contributed by atoms with Crippen molar-refractivity contribution in [3.8, 4) is 11.5 Å². The van der Waals surface area contributed by atoms with Crippen LogP contribution in [0.4, 0.5) is 15.1 Å². The van der Waals surface area contributed by atoms with E-state index in [0.29, 0.717) is 44.3 Å². The molecule has 0 aliphatic heterocycles. The highest BCUT2D eigenvalue weighted by molar-refractivity contribution is 7.16. The Labute approximate surface area is 255 Å². The molecule has 1 heterocycles. The van der Waals surface area contributed by atoms with Crippen LogP contribution in [0.25, 0.3) is 0 Å². The second-order valence-corrected chi connectivity index (χ2v) is 13.0. The molecule has 0 spiro atoms. The minimum absolute atomic E-state index is 0.0822. The number of hydrogen-bond acceptors (Lipinski definition) is 5. The topological polar surface area (TPSA) is 59.9 Å². The third-order valence-corrected chi connectivity index (χ3v) is 9.07. The van der Waals surface area contributed by atoms with Crippen LogP contribution in [0.5, 0.6) is 11.5 Å². The van der Waals surface area contributed by atoms with Gasteiger partial charge in [-0.3, -0.25) is 4.79 Å². The summed E-state index contributed by atoms with van der Waals surface area (Å²) in [4.78, 5) is 19.7. The summed E-state index contributed by atoms with van der Waals surface area (Å²) in [6.45, 7) is 6.92. The Morgan fingerprint density at radius 2 is 1.88 bits per heavy atom. The summed E-state index contributed by atoms with van der Waals surface area (Å²) in [5.41, 5.74) is 3.83. The monoisotopic (exact) mass is 604 g/mol. The van der Waals surface area contributed by atoms with Crippen LogP contribution in [0.1, 0.15) is 59.1 Å². The number of halogens is 2. The van der Waals surface area contributed by atoms with Crippen molar-refractivity contribution in [1.82, 2.24) is 0 Å². The molecular weight excluding hydrogens is 571 g/mol. The van der Waals surface area contributed by atoms with Gasteiger partial charge in [0.2, 0.25) is 0 Å². The van der Waals surface area contributed by atoms with Crippen LogP contribution < -0.4 is 14.8 Å². The van der Waals surface area contributed by atoms with Gasteiger partial charge in [0.25, 0.3) is 5.91 Å². The number of fused-ring (bicyclic) bond motifs is 1. The van der Waals surface area contributed by atoms with Crippen LogP contribution in [0.3, 0.4) is 0 Å². The maximum Gasteiger partial charge on any atom is 0.259 e. The lowest BCUT2D eigenvalue weighted by Crippen LogP contribution is -2.27. The van der Waals surface area contributed by atoms with Gasteiger partial charge in [-0.1, -0.05) is 50.6 Å². The van der Waals surface area contributed by atoms with Crippen LogP contribution in [-0.2, 0) is 19.4 Å². The van der Waals surface area contributed by atoms with E-state index in [0.717, 1.165) is 30.4 Å². The number of nitrogens with one attached hydrogen (secondary N) is 1. The first-order valence-electron chi connectivity index (χ1n) is 13.9. The van der Waals surface area contributed by atoms with Gasteiger partial charge in [0.15, 0.2) is 11.5 Å². The second-order valence-electron chi connectivity index (χ2n) is 11.5. The van der Waals surface area contributed by atoms with E-state index in [9.17, 15) is 9.18 Å². The first-order valence-corrected chi connectivity index (χ1v) is 15.1. The van der Waals surface area contributed by atoms with Crippen molar-refractivity contribution in [2.24, 2.45) is 16.3 Å². The quantitative estimate of drug-likeness (QED) is 0.204. The van der Waals surface area contributed by atoms with Gasteiger partial charge < -0.3 is 14.8 Å². The summed E-state index contributed by atoms with van der Waals surface area (Å²) in [6.07, 6.45) is 4.54. The molecular formula is C34H34ClFN2O3S. The fourth-order valence-corrected chi connectivity index (χ4v) is 6.55. The van der Waals surface area contributed by atoms with Gasteiger partial charge in [0.1, 0.15) is 17.4 Å². The molecule has 218 valence electrons. The molecule has 5 rings (SSSR count). The number of nitrogens with zero attached hydrogens (tertiary/aromatic N) is 1. The van der Waals surface area contributed by atoms with Crippen molar-refractivity contribution in [1.29, 1.82) is 0 Å². The summed E-state index contributed by atoms with van der Waals surface area (Å²) < 4.78 is 25.4. The van der Waals surface area contributed by atoms with Crippen LogP contribution in [-0.4, -0.2) is 19.2 Å². The fraction of sp³-hybridized carbons (Fsp3) is 0.294. The maximum absolute atomic E-state index is 14.0. The van der Waals surface area contributed by atoms with Gasteiger partial charge in [-0.2, -0.15) is 0 Å². The lowest BCUT2D eigenvalue weighted by atomic mass is 9.72. The Hall–Kier alpha value is -3.68. The van der Waals surface area contributed by atoms with Gasteiger partial charge >= 0.3 is 0 Å². The van der Waals surface area contributed by atoms with Crippen LogP contribution in [0.15, 0.2) is 71.7 Å². The molecule has 1 aromatic heterocycles. The molecule has 1 amide bonds. The van der Waals surface area contributed by atoms with Gasteiger partial charge in [-0.05, 0) is 90.3 Å². The van der Waals surface area contributed by atoms with E-state index in [4.69, 9.17) is 26.1 Å². The second kappa shape index (κ2) is 12.7. The molecule has 0 radical (unpaired) electrons. The number of carbonyl (C=O) groups excluding carboxylic acids is 1. The standard InChI is InChI=1S/C34H34ClFN2O3S/c1-34(2,3)23-10-15-26-30(18-23)42-33(31(26)32(39)38-25-13-11-24(35)12-14-25)37-19-21-9-16-28(29(17-21)40-4)41-20-22-7-5-6-8-27(22)36/h5-9,11-14,16-17,19,23H,10,15,18,20H2,1-4H3,(H,38,39)/t23-/m1/s1. The van der Waals surface area contributed by atoms with E-state index in [1.54, 1.807) is 73.2 Å². The number of ether oxygens (including phenoxy) is 2. The number of anilines is 1. The number of aliphatic imine (C=N–C) groups is 1. The third kappa shape index (κ3) is 6.85. The van der Waals surface area contributed by atoms with Crippen LogP contribution in [0, 0.1) is 17.2 Å². The van der Waals surface area contributed by atoms with E-state index in [2.05, 4.69) is 26.1 Å². The minimum atomic E-state index is -0.316. The summed E-state index contributed by atoms with van der Waals surface area (Å²) >= 11 is 7.63. The van der Waals surface area contributed by atoms with Crippen molar-refractivity contribution in [2.45, 2.75) is 46.6 Å². The first-order chi connectivity index (χ1) is 20.1. The van der Waals surface area contributed by atoms with Crippen LogP contribution >= 0.6 is 22.9 Å². The summed E-state index contributed by atoms with van der Waals surface area (Å²) in [5, 5.41) is 4.32. The molecule has 1 aliphatic rings. The minimum Gasteiger partial charge on any atom is -0.493 e. The zero-order valence-corrected chi connectivity index (χ0v) is 25.7. The smallest absolute Gasteiger partial charge is 0.259 e. The van der Waals surface area contributed by atoms with Crippen molar-refractivity contribution in [2.75, 3.05) is 12.4 Å². The Kier molecular flexibility index (Phi) is 8.99. The maximum atomic E-state index is 14.0. The molecule has 0 saturated carbocycles. The van der Waals surface area contributed by atoms with Gasteiger partial charge in [-0.25, -0.2) is 9.38 Å². The average molecular weight is 605 g/mol. The fourth-order valence-electron chi connectivity index (χ4n) is 5.15. The molecule has 1 atom stereocenters. The molecule has 4 aromatic rings. The predicted molar refractivity (Wildman–Crippen MR) is 170 cm³/mol. The molecule has 0 saturated heterocycles. The zero-order valence-electron chi connectivity index (χ0n) is 24.2. The normalized spacial score (nSPS) is 15.0. The largest absolute Gasteiger partial charge is 0.493 e. The van der Waals surface area contributed by atoms with Crippen LogP contribution in [0.2, 0.25) is 5.02 Å². The lowest BCUT2D eigenvalue weighted by Gasteiger charge is -2.33. The average Bonchev–Trinajstić information content (AvgIpc) is 3.34. The number of rotatable bonds is 8. The highest BCUT2D eigenvalue weighted by Gasteiger charge is 2.33. The van der Waals surface area contributed by atoms with E-state index >= 15 is 0 Å². The Morgan fingerprint density at radius 3 is 2.60 bits per heavy atom. The summed E-state index contributed by atoms with van der Waals surface area (Å²) in [5.74, 6) is 1.05. The van der Waals surface area contributed by atoms with Gasteiger partial charge in [-0.15, -0.1) is 11.3 Å². The number of carbonyl (C=O) groups is 1. The van der Waals surface area contributed by atoms with Gasteiger partial charge in [0, 0.05) is 27.4 Å². The SMILES string of the molecule is COc1cc(C=Nc2sc3c(c2C(=O)Nc2ccc(Cl)cc2)CC[C@@H](C(C)(C)C)C3)ccc1OCc1ccccc1F. The zero-order chi connectivity index (χ0) is 29.9. The lowest BCUT2D eigenvalue weighted by molar-refractivity contribution is 0.102. The Bertz CT molecular complexity index is 1610. The highest BCUT2D eigenvalue weighted by atomic mass is 35.5. The van der Waals surface area contributed by atoms with Crippen molar-refractivity contribution < 1.29 is 18.7 Å². The Morgan fingerprint density at radius 1 is 1.12 bits per heavy atom. The molecule has 0 unspecified atom stereocenters. The number of thiophene rings is 1. The molecule has 0 fully saturated rings. The molecule has 5 nitrogen and oxygen atoms in total. The molecule has 1 aliphatic carbocycles. The molecule has 1 N–H and O–H groups in total. The Balaban J connectivity index is 1.42. The molecule has 42 heavy (non-hydrogen) atoms. The first kappa shape index (κ1) is 29.8. The van der Waals surface area contributed by atoms with E-state index in [1.807, 2.05) is 12.1 Å². The molecule has 3 aromatic carbocycles. The van der Waals surface area contributed by atoms with E-state index in [-0.39, 0.29) is 23.7 Å². The summed E-state index contributed by atoms with van der Waals surface area (Å²) in [7, 11) is 1.56. The van der Waals surface area contributed by atoms with E-state index in [1.165, 1.54) is 10.9 Å².